The highest BCUT2D eigenvalue weighted by Gasteiger charge is 2.38. The molecule has 1 fully saturated rings. The van der Waals surface area contributed by atoms with E-state index in [1.165, 1.54) is 30.9 Å². The van der Waals surface area contributed by atoms with Gasteiger partial charge in [-0.2, -0.15) is 0 Å². The standard InChI is InChI=1S/C18H20FN3O3/c1-24-18(12-25-16-5-3-15(19)4-6-16)7-2-8-22(11-18)17(23)14-9-20-13-21-10-14/h3-6,9-10,13H,2,7-8,11-12H2,1H3. The summed E-state index contributed by atoms with van der Waals surface area (Å²) in [5, 5.41) is 0. The molecule has 0 spiro atoms. The maximum Gasteiger partial charge on any atom is 0.257 e. The lowest BCUT2D eigenvalue weighted by molar-refractivity contribution is -0.0825. The normalized spacial score (nSPS) is 20.3. The number of likely N-dealkylation sites (tertiary alicyclic amines) is 1. The fraction of sp³-hybridized carbons (Fsp3) is 0.389. The van der Waals surface area contributed by atoms with Crippen LogP contribution in [0, 0.1) is 5.82 Å². The van der Waals surface area contributed by atoms with Gasteiger partial charge in [-0.05, 0) is 37.1 Å². The summed E-state index contributed by atoms with van der Waals surface area (Å²) in [4.78, 5) is 22.1. The van der Waals surface area contributed by atoms with Crippen molar-refractivity contribution in [1.82, 2.24) is 14.9 Å². The maximum absolute atomic E-state index is 13.0. The first-order chi connectivity index (χ1) is 12.1. The number of methoxy groups -OCH3 is 1. The summed E-state index contributed by atoms with van der Waals surface area (Å²) in [5.41, 5.74) is -0.147. The molecule has 0 radical (unpaired) electrons. The van der Waals surface area contributed by atoms with E-state index in [-0.39, 0.29) is 18.3 Å². The topological polar surface area (TPSA) is 64.6 Å². The zero-order chi connectivity index (χ0) is 17.7. The largest absolute Gasteiger partial charge is 0.491 e. The molecule has 1 aromatic heterocycles. The van der Waals surface area contributed by atoms with Crippen molar-refractivity contribution in [3.05, 3.63) is 54.4 Å². The molecule has 1 unspecified atom stereocenters. The van der Waals surface area contributed by atoms with Crippen LogP contribution in [0.5, 0.6) is 5.75 Å². The number of carbonyl (C=O) groups is 1. The Labute approximate surface area is 145 Å². The van der Waals surface area contributed by atoms with Gasteiger partial charge in [0.05, 0.1) is 12.1 Å². The number of amides is 1. The number of hydrogen-bond acceptors (Lipinski definition) is 5. The third kappa shape index (κ3) is 4.11. The van der Waals surface area contributed by atoms with E-state index >= 15 is 0 Å². The van der Waals surface area contributed by atoms with Gasteiger partial charge >= 0.3 is 0 Å². The molecule has 1 amide bonds. The first-order valence-corrected chi connectivity index (χ1v) is 8.10. The number of carbonyl (C=O) groups excluding carboxylic acids is 1. The Morgan fingerprint density at radius 3 is 2.68 bits per heavy atom. The lowest BCUT2D eigenvalue weighted by atomic mass is 9.93. The zero-order valence-corrected chi connectivity index (χ0v) is 14.0. The van der Waals surface area contributed by atoms with E-state index in [1.807, 2.05) is 0 Å². The molecular weight excluding hydrogens is 325 g/mol. The number of hydrogen-bond donors (Lipinski definition) is 0. The van der Waals surface area contributed by atoms with E-state index in [1.54, 1.807) is 24.1 Å². The summed E-state index contributed by atoms with van der Waals surface area (Å²) in [7, 11) is 1.62. The highest BCUT2D eigenvalue weighted by atomic mass is 19.1. The minimum atomic E-state index is -0.599. The highest BCUT2D eigenvalue weighted by molar-refractivity contribution is 5.93. The molecule has 2 heterocycles. The van der Waals surface area contributed by atoms with Crippen LogP contribution in [0.25, 0.3) is 0 Å². The number of rotatable bonds is 5. The molecule has 0 saturated carbocycles. The quantitative estimate of drug-likeness (QED) is 0.832. The SMILES string of the molecule is COC1(COc2ccc(F)cc2)CCCN(C(=O)c2cncnc2)C1. The zero-order valence-electron chi connectivity index (χ0n) is 14.0. The molecule has 1 aromatic carbocycles. The van der Waals surface area contributed by atoms with Gasteiger partial charge < -0.3 is 14.4 Å². The van der Waals surface area contributed by atoms with Crippen LogP contribution in [0.15, 0.2) is 43.0 Å². The van der Waals surface area contributed by atoms with Gasteiger partial charge in [-0.15, -0.1) is 0 Å². The van der Waals surface area contributed by atoms with Crippen LogP contribution < -0.4 is 4.74 Å². The molecule has 0 aliphatic carbocycles. The van der Waals surface area contributed by atoms with E-state index < -0.39 is 5.60 Å². The molecular formula is C18H20FN3O3. The van der Waals surface area contributed by atoms with Crippen LogP contribution in [0.1, 0.15) is 23.2 Å². The van der Waals surface area contributed by atoms with Crippen LogP contribution in [0.3, 0.4) is 0 Å². The number of aromatic nitrogens is 2. The Balaban J connectivity index is 1.68. The predicted molar refractivity (Wildman–Crippen MR) is 88.8 cm³/mol. The Kier molecular flexibility index (Phi) is 5.23. The van der Waals surface area contributed by atoms with Crippen molar-refractivity contribution in [2.75, 3.05) is 26.8 Å². The van der Waals surface area contributed by atoms with E-state index in [9.17, 15) is 9.18 Å². The van der Waals surface area contributed by atoms with Gasteiger partial charge in [0, 0.05) is 26.0 Å². The van der Waals surface area contributed by atoms with Crippen molar-refractivity contribution in [3.63, 3.8) is 0 Å². The highest BCUT2D eigenvalue weighted by Crippen LogP contribution is 2.27. The summed E-state index contributed by atoms with van der Waals surface area (Å²) >= 11 is 0. The molecule has 3 rings (SSSR count). The van der Waals surface area contributed by atoms with Gasteiger partial charge in [-0.25, -0.2) is 14.4 Å². The van der Waals surface area contributed by atoms with Gasteiger partial charge in [0.2, 0.25) is 0 Å². The third-order valence-electron chi connectivity index (χ3n) is 4.38. The summed E-state index contributed by atoms with van der Waals surface area (Å²) in [6.45, 7) is 1.35. The van der Waals surface area contributed by atoms with Gasteiger partial charge in [0.1, 0.15) is 30.1 Å². The molecule has 6 nitrogen and oxygen atoms in total. The molecule has 7 heteroatoms. The van der Waals surface area contributed by atoms with Crippen molar-refractivity contribution >= 4 is 5.91 Å². The molecule has 0 bridgehead atoms. The van der Waals surface area contributed by atoms with Gasteiger partial charge in [0.15, 0.2) is 0 Å². The van der Waals surface area contributed by atoms with E-state index in [0.29, 0.717) is 24.4 Å². The first kappa shape index (κ1) is 17.3. The number of benzene rings is 1. The number of ether oxygens (including phenoxy) is 2. The van der Waals surface area contributed by atoms with Crippen LogP contribution in [-0.4, -0.2) is 53.2 Å². The van der Waals surface area contributed by atoms with E-state index in [0.717, 1.165) is 12.8 Å². The Hall–Kier alpha value is -2.54. The smallest absolute Gasteiger partial charge is 0.257 e. The number of halogens is 1. The molecule has 2 aromatic rings. The van der Waals surface area contributed by atoms with Gasteiger partial charge in [0.25, 0.3) is 5.91 Å². The molecule has 25 heavy (non-hydrogen) atoms. The first-order valence-electron chi connectivity index (χ1n) is 8.10. The second-order valence-corrected chi connectivity index (χ2v) is 6.09. The Morgan fingerprint density at radius 2 is 2.00 bits per heavy atom. The van der Waals surface area contributed by atoms with Crippen LogP contribution in [0.4, 0.5) is 4.39 Å². The predicted octanol–water partition coefficient (Wildman–Crippen LogP) is 2.32. The van der Waals surface area contributed by atoms with Gasteiger partial charge in [-0.1, -0.05) is 0 Å². The van der Waals surface area contributed by atoms with Crippen molar-refractivity contribution in [3.8, 4) is 5.75 Å². The number of nitrogens with zero attached hydrogens (tertiary/aromatic N) is 3. The molecule has 1 atom stereocenters. The second kappa shape index (κ2) is 7.57. The molecule has 1 aliphatic rings. The Morgan fingerprint density at radius 1 is 1.28 bits per heavy atom. The van der Waals surface area contributed by atoms with Gasteiger partial charge in [-0.3, -0.25) is 4.79 Å². The van der Waals surface area contributed by atoms with Crippen molar-refractivity contribution in [2.45, 2.75) is 18.4 Å². The molecule has 1 saturated heterocycles. The number of piperidine rings is 1. The van der Waals surface area contributed by atoms with Crippen LogP contribution in [0.2, 0.25) is 0 Å². The molecule has 0 N–H and O–H groups in total. The molecule has 132 valence electrons. The molecule has 1 aliphatic heterocycles. The van der Waals surface area contributed by atoms with Crippen LogP contribution >= 0.6 is 0 Å². The fourth-order valence-corrected chi connectivity index (χ4v) is 2.95. The van der Waals surface area contributed by atoms with Crippen molar-refractivity contribution < 1.29 is 18.7 Å². The second-order valence-electron chi connectivity index (χ2n) is 6.09. The maximum atomic E-state index is 13.0. The van der Waals surface area contributed by atoms with Crippen LogP contribution in [-0.2, 0) is 4.74 Å². The summed E-state index contributed by atoms with van der Waals surface area (Å²) in [6, 6.07) is 5.85. The van der Waals surface area contributed by atoms with Crippen molar-refractivity contribution in [1.29, 1.82) is 0 Å². The fourth-order valence-electron chi connectivity index (χ4n) is 2.95. The lowest BCUT2D eigenvalue weighted by Crippen LogP contribution is -2.54. The summed E-state index contributed by atoms with van der Waals surface area (Å²) < 4.78 is 24.5. The third-order valence-corrected chi connectivity index (χ3v) is 4.38. The summed E-state index contributed by atoms with van der Waals surface area (Å²) in [6.07, 6.45) is 5.99. The minimum absolute atomic E-state index is 0.122. The van der Waals surface area contributed by atoms with E-state index in [4.69, 9.17) is 9.47 Å². The van der Waals surface area contributed by atoms with Crippen molar-refractivity contribution in [2.24, 2.45) is 0 Å². The summed E-state index contributed by atoms with van der Waals surface area (Å²) in [5.74, 6) is 0.134. The monoisotopic (exact) mass is 345 g/mol. The average molecular weight is 345 g/mol. The Bertz CT molecular complexity index is 711. The average Bonchev–Trinajstić information content (AvgIpc) is 2.68. The van der Waals surface area contributed by atoms with E-state index in [2.05, 4.69) is 9.97 Å². The lowest BCUT2D eigenvalue weighted by Gasteiger charge is -2.41. The minimum Gasteiger partial charge on any atom is -0.491 e.